The maximum Gasteiger partial charge on any atom is 0.153 e. The molecule has 0 bridgehead atoms. The molecule has 7 nitrogen and oxygen atoms in total. The number of aliphatic hydroxyl groups excluding tert-OH is 1. The minimum atomic E-state index is -1.47. The van der Waals surface area contributed by atoms with E-state index in [1.165, 1.54) is 0 Å². The molecule has 136 valence electrons. The van der Waals surface area contributed by atoms with Gasteiger partial charge in [0.05, 0.1) is 5.92 Å². The van der Waals surface area contributed by atoms with Crippen molar-refractivity contribution in [3.05, 3.63) is 53.9 Å². The summed E-state index contributed by atoms with van der Waals surface area (Å²) in [7, 11) is 0. The molecule has 1 unspecified atom stereocenters. The number of para-hydroxylation sites is 1. The molecular formula is C19H21N3O4. The second kappa shape index (κ2) is 6.35. The van der Waals surface area contributed by atoms with Crippen LogP contribution in [0.5, 0.6) is 5.75 Å². The zero-order valence-electron chi connectivity index (χ0n) is 14.3. The lowest BCUT2D eigenvalue weighted by molar-refractivity contribution is -0.0758. The minimum absolute atomic E-state index is 0.113. The topological polar surface area (TPSA) is 111 Å². The Morgan fingerprint density at radius 3 is 2.85 bits per heavy atom. The van der Waals surface area contributed by atoms with Crippen molar-refractivity contribution in [2.24, 2.45) is 4.99 Å². The van der Waals surface area contributed by atoms with Gasteiger partial charge in [0.25, 0.3) is 0 Å². The molecule has 0 amide bonds. The molecule has 0 saturated carbocycles. The molecule has 5 atom stereocenters. The predicted octanol–water partition coefficient (Wildman–Crippen LogP) is 1.47. The van der Waals surface area contributed by atoms with E-state index in [1.807, 2.05) is 30.3 Å². The highest BCUT2D eigenvalue weighted by atomic mass is 16.6. The van der Waals surface area contributed by atoms with Crippen LogP contribution in [0, 0.1) is 5.41 Å². The highest BCUT2D eigenvalue weighted by Gasteiger charge is 2.55. The van der Waals surface area contributed by atoms with Gasteiger partial charge in [-0.25, -0.2) is 4.99 Å². The fourth-order valence-corrected chi connectivity index (χ4v) is 3.52. The number of fused-ring (bicyclic) bond motifs is 1. The molecule has 0 spiro atoms. The van der Waals surface area contributed by atoms with Crippen LogP contribution in [0.25, 0.3) is 0 Å². The van der Waals surface area contributed by atoms with E-state index in [2.05, 4.69) is 9.98 Å². The van der Waals surface area contributed by atoms with Gasteiger partial charge in [-0.05, 0) is 25.1 Å². The Hall–Kier alpha value is -2.48. The first-order chi connectivity index (χ1) is 12.5. The lowest BCUT2D eigenvalue weighted by atomic mass is 9.85. The number of nitrogens with zero attached hydrogens (tertiary/aromatic N) is 1. The summed E-state index contributed by atoms with van der Waals surface area (Å²) in [5, 5.41) is 29.4. The van der Waals surface area contributed by atoms with Gasteiger partial charge in [0.1, 0.15) is 36.3 Å². The Bertz CT molecular complexity index is 830. The zero-order chi connectivity index (χ0) is 18.3. The normalized spacial score (nSPS) is 33.3. The molecule has 1 aromatic heterocycles. The van der Waals surface area contributed by atoms with E-state index < -0.39 is 23.9 Å². The van der Waals surface area contributed by atoms with E-state index >= 15 is 0 Å². The molecule has 1 fully saturated rings. The van der Waals surface area contributed by atoms with Gasteiger partial charge in [-0.3, -0.25) is 5.41 Å². The van der Waals surface area contributed by atoms with E-state index in [0.717, 1.165) is 5.69 Å². The fraction of sp³-hybridized carbons (Fsp3) is 0.368. The van der Waals surface area contributed by atoms with Crippen molar-refractivity contribution < 1.29 is 19.7 Å². The quantitative estimate of drug-likeness (QED) is 0.665. The number of amidine groups is 1. The third kappa shape index (κ3) is 2.74. The molecule has 4 rings (SSSR count). The predicted molar refractivity (Wildman–Crippen MR) is 96.1 cm³/mol. The molecular weight excluding hydrogens is 334 g/mol. The van der Waals surface area contributed by atoms with Crippen LogP contribution < -0.4 is 4.74 Å². The summed E-state index contributed by atoms with van der Waals surface area (Å²) in [4.78, 5) is 7.20. The number of rotatable bonds is 4. The van der Waals surface area contributed by atoms with Crippen molar-refractivity contribution in [1.82, 2.24) is 4.98 Å². The first-order valence-electron chi connectivity index (χ1n) is 8.52. The van der Waals surface area contributed by atoms with Gasteiger partial charge in [-0.15, -0.1) is 0 Å². The Morgan fingerprint density at radius 2 is 2.08 bits per heavy atom. The minimum Gasteiger partial charge on any atom is -0.491 e. The molecule has 0 radical (unpaired) electrons. The second-order valence-corrected chi connectivity index (χ2v) is 6.84. The molecule has 26 heavy (non-hydrogen) atoms. The van der Waals surface area contributed by atoms with Gasteiger partial charge < -0.3 is 24.7 Å². The van der Waals surface area contributed by atoms with Crippen LogP contribution in [0.15, 0.2) is 47.6 Å². The molecule has 1 saturated heterocycles. The smallest absolute Gasteiger partial charge is 0.153 e. The van der Waals surface area contributed by atoms with E-state index in [1.54, 1.807) is 25.4 Å². The Labute approximate surface area is 150 Å². The van der Waals surface area contributed by atoms with Crippen molar-refractivity contribution in [2.75, 3.05) is 6.61 Å². The van der Waals surface area contributed by atoms with Crippen LogP contribution in [0.4, 0.5) is 0 Å². The van der Waals surface area contributed by atoms with Gasteiger partial charge in [0, 0.05) is 23.7 Å². The Morgan fingerprint density at radius 1 is 1.31 bits per heavy atom. The number of hydrogen-bond donors (Lipinski definition) is 4. The molecule has 2 aliphatic rings. The van der Waals surface area contributed by atoms with Crippen LogP contribution in [0.3, 0.4) is 0 Å². The summed E-state index contributed by atoms with van der Waals surface area (Å²) in [6.07, 6.45) is 0.813. The fourth-order valence-electron chi connectivity index (χ4n) is 3.52. The first kappa shape index (κ1) is 17.0. The van der Waals surface area contributed by atoms with Crippen LogP contribution in [-0.2, 0) is 4.74 Å². The monoisotopic (exact) mass is 355 g/mol. The SMILES string of the molecule is C[C@]1(O)[C@H](O)[C@@H](C2C=NC(=N)c3cc[nH]c32)O[C@@H]1COc1ccccc1. The lowest BCUT2D eigenvalue weighted by Gasteiger charge is -2.28. The summed E-state index contributed by atoms with van der Waals surface area (Å²) < 4.78 is 11.7. The van der Waals surface area contributed by atoms with Crippen molar-refractivity contribution in [1.29, 1.82) is 5.41 Å². The number of benzene rings is 1. The number of hydrogen-bond acceptors (Lipinski definition) is 5. The summed E-state index contributed by atoms with van der Waals surface area (Å²) in [5.74, 6) is 0.460. The first-order valence-corrected chi connectivity index (χ1v) is 8.52. The zero-order valence-corrected chi connectivity index (χ0v) is 14.3. The van der Waals surface area contributed by atoms with Gasteiger partial charge in [-0.1, -0.05) is 18.2 Å². The van der Waals surface area contributed by atoms with Crippen LogP contribution >= 0.6 is 0 Å². The van der Waals surface area contributed by atoms with E-state index in [0.29, 0.717) is 11.3 Å². The van der Waals surface area contributed by atoms with Crippen molar-refractivity contribution in [3.63, 3.8) is 0 Å². The largest absolute Gasteiger partial charge is 0.491 e. The van der Waals surface area contributed by atoms with Crippen molar-refractivity contribution in [2.45, 2.75) is 36.8 Å². The standard InChI is InChI=1S/C19H21N3O4/c1-19(24)14(10-25-11-5-3-2-4-6-11)26-16(17(19)23)13-9-22-18(20)12-7-8-21-15(12)13/h2-9,13-14,16-17,20-21,23-24H,10H2,1H3/t13?,14-,16-,17-,19-/m1/s1. The van der Waals surface area contributed by atoms with Gasteiger partial charge in [0.2, 0.25) is 0 Å². The number of aliphatic imine (C=N–C) groups is 1. The van der Waals surface area contributed by atoms with Crippen LogP contribution in [0.2, 0.25) is 0 Å². The average molecular weight is 355 g/mol. The van der Waals surface area contributed by atoms with Gasteiger partial charge in [-0.2, -0.15) is 0 Å². The number of aliphatic hydroxyl groups is 2. The maximum atomic E-state index is 10.8. The lowest BCUT2D eigenvalue weighted by Crippen LogP contribution is -2.48. The maximum absolute atomic E-state index is 10.8. The van der Waals surface area contributed by atoms with E-state index in [4.69, 9.17) is 14.9 Å². The van der Waals surface area contributed by atoms with Crippen LogP contribution in [0.1, 0.15) is 24.1 Å². The molecule has 1 aromatic carbocycles. The molecule has 3 heterocycles. The average Bonchev–Trinajstić information content (AvgIpc) is 3.21. The molecule has 2 aliphatic heterocycles. The number of aromatic amines is 1. The Balaban J connectivity index is 1.54. The van der Waals surface area contributed by atoms with Crippen molar-refractivity contribution in [3.8, 4) is 5.75 Å². The van der Waals surface area contributed by atoms with Gasteiger partial charge in [0.15, 0.2) is 5.84 Å². The summed E-state index contributed by atoms with van der Waals surface area (Å²) in [5.41, 5.74) is -0.0308. The molecule has 2 aromatic rings. The highest BCUT2D eigenvalue weighted by Crippen LogP contribution is 2.39. The van der Waals surface area contributed by atoms with Gasteiger partial charge >= 0.3 is 0 Å². The highest BCUT2D eigenvalue weighted by molar-refractivity contribution is 6.06. The van der Waals surface area contributed by atoms with E-state index in [9.17, 15) is 10.2 Å². The summed E-state index contributed by atoms with van der Waals surface area (Å²) >= 11 is 0. The van der Waals surface area contributed by atoms with Crippen molar-refractivity contribution >= 4 is 12.1 Å². The summed E-state index contributed by atoms with van der Waals surface area (Å²) in [6.45, 7) is 1.66. The number of aromatic nitrogens is 1. The third-order valence-electron chi connectivity index (χ3n) is 5.11. The number of H-pyrrole nitrogens is 1. The Kier molecular flexibility index (Phi) is 4.14. The van der Waals surface area contributed by atoms with Crippen LogP contribution in [-0.4, -0.2) is 57.8 Å². The number of nitrogens with one attached hydrogen (secondary N) is 2. The second-order valence-electron chi connectivity index (χ2n) is 6.84. The third-order valence-corrected chi connectivity index (χ3v) is 5.11. The molecule has 0 aliphatic carbocycles. The number of ether oxygens (including phenoxy) is 2. The molecule has 7 heteroatoms. The summed E-state index contributed by atoms with van der Waals surface area (Å²) in [6, 6.07) is 11.0. The molecule has 4 N–H and O–H groups in total. The van der Waals surface area contributed by atoms with E-state index in [-0.39, 0.29) is 18.4 Å².